The summed E-state index contributed by atoms with van der Waals surface area (Å²) in [5.41, 5.74) is 0.662. The lowest BCUT2D eigenvalue weighted by Crippen LogP contribution is -2.33. The maximum absolute atomic E-state index is 12.9. The van der Waals surface area contributed by atoms with Gasteiger partial charge in [0.2, 0.25) is 0 Å². The molecule has 0 aliphatic carbocycles. The first kappa shape index (κ1) is 19.3. The number of hydrogen-bond donors (Lipinski definition) is 1. The van der Waals surface area contributed by atoms with Gasteiger partial charge in [-0.05, 0) is 30.3 Å². The number of pyridine rings is 2. The fourth-order valence-electron chi connectivity index (χ4n) is 3.22. The first-order chi connectivity index (χ1) is 14.5. The van der Waals surface area contributed by atoms with Crippen molar-refractivity contribution in [3.8, 4) is 0 Å². The average Bonchev–Trinajstić information content (AvgIpc) is 2.77. The Bertz CT molecular complexity index is 1340. The summed E-state index contributed by atoms with van der Waals surface area (Å²) in [6.07, 6.45) is 3.24. The van der Waals surface area contributed by atoms with Crippen molar-refractivity contribution in [3.63, 3.8) is 0 Å². The van der Waals surface area contributed by atoms with Gasteiger partial charge in [0.05, 0.1) is 29.9 Å². The Morgan fingerprint density at radius 3 is 2.50 bits per heavy atom. The van der Waals surface area contributed by atoms with Crippen molar-refractivity contribution in [1.29, 1.82) is 0 Å². The summed E-state index contributed by atoms with van der Waals surface area (Å²) in [7, 11) is 1.59. The van der Waals surface area contributed by atoms with Crippen LogP contribution in [0.5, 0.6) is 0 Å². The highest BCUT2D eigenvalue weighted by atomic mass is 16.2. The van der Waals surface area contributed by atoms with Crippen LogP contribution in [0.15, 0.2) is 76.6 Å². The van der Waals surface area contributed by atoms with E-state index in [1.165, 1.54) is 15.3 Å². The van der Waals surface area contributed by atoms with Crippen LogP contribution in [0, 0.1) is 0 Å². The molecular formula is C22H19N5O3. The van der Waals surface area contributed by atoms with Crippen LogP contribution in [-0.4, -0.2) is 25.2 Å². The number of carbonyl (C=O) groups excluding carboxylic acids is 1. The van der Waals surface area contributed by atoms with Gasteiger partial charge >= 0.3 is 0 Å². The second kappa shape index (κ2) is 8.12. The summed E-state index contributed by atoms with van der Waals surface area (Å²) in [6.45, 7) is 0.282. The summed E-state index contributed by atoms with van der Waals surface area (Å²) >= 11 is 0. The number of benzene rings is 1. The first-order valence-corrected chi connectivity index (χ1v) is 9.37. The summed E-state index contributed by atoms with van der Waals surface area (Å²) in [5.74, 6) is -0.496. The molecule has 3 heterocycles. The van der Waals surface area contributed by atoms with E-state index in [1.54, 1.807) is 49.8 Å². The van der Waals surface area contributed by atoms with Gasteiger partial charge in [0, 0.05) is 24.8 Å². The lowest BCUT2D eigenvalue weighted by Gasteiger charge is -2.12. The number of aryl methyl sites for hydroxylation is 1. The molecular weight excluding hydrogens is 382 g/mol. The van der Waals surface area contributed by atoms with Crippen LogP contribution in [0.2, 0.25) is 0 Å². The summed E-state index contributed by atoms with van der Waals surface area (Å²) < 4.78 is 2.68. The number of hydrogen-bond acceptors (Lipinski definition) is 5. The van der Waals surface area contributed by atoms with Crippen molar-refractivity contribution >= 4 is 16.7 Å². The van der Waals surface area contributed by atoms with Gasteiger partial charge in [-0.1, -0.05) is 24.3 Å². The fraction of sp³-hybridized carbons (Fsp3) is 0.136. The molecule has 0 saturated carbocycles. The van der Waals surface area contributed by atoms with E-state index in [0.717, 1.165) is 0 Å². The Balaban J connectivity index is 1.68. The molecule has 0 bridgehead atoms. The molecule has 1 amide bonds. The van der Waals surface area contributed by atoms with Crippen LogP contribution in [0.25, 0.3) is 10.8 Å². The molecule has 8 nitrogen and oxygen atoms in total. The van der Waals surface area contributed by atoms with Gasteiger partial charge in [-0.3, -0.25) is 19.4 Å². The van der Waals surface area contributed by atoms with E-state index < -0.39 is 5.91 Å². The zero-order chi connectivity index (χ0) is 21.1. The topological polar surface area (TPSA) is 98.9 Å². The SMILES string of the molecule is Cn1cccc(C(=O)NCc2nn(Cc3ccccn3)c(=O)c3ccccc23)c1=O. The van der Waals surface area contributed by atoms with Crippen LogP contribution in [0.4, 0.5) is 0 Å². The third kappa shape index (κ3) is 3.75. The third-order valence-corrected chi connectivity index (χ3v) is 4.77. The molecule has 0 spiro atoms. The Kier molecular flexibility index (Phi) is 5.21. The Hall–Kier alpha value is -4.07. The van der Waals surface area contributed by atoms with Gasteiger partial charge < -0.3 is 9.88 Å². The van der Waals surface area contributed by atoms with Crippen molar-refractivity contribution in [1.82, 2.24) is 24.6 Å². The second-order valence-electron chi connectivity index (χ2n) is 6.80. The lowest BCUT2D eigenvalue weighted by atomic mass is 10.1. The van der Waals surface area contributed by atoms with Crippen LogP contribution in [0.3, 0.4) is 0 Å². The highest BCUT2D eigenvalue weighted by Gasteiger charge is 2.14. The van der Waals surface area contributed by atoms with E-state index in [2.05, 4.69) is 15.4 Å². The van der Waals surface area contributed by atoms with Gasteiger partial charge in [-0.15, -0.1) is 0 Å². The predicted molar refractivity (Wildman–Crippen MR) is 112 cm³/mol. The maximum Gasteiger partial charge on any atom is 0.275 e. The maximum atomic E-state index is 12.9. The van der Waals surface area contributed by atoms with E-state index in [-0.39, 0.29) is 29.8 Å². The van der Waals surface area contributed by atoms with Gasteiger partial charge in [-0.25, -0.2) is 4.68 Å². The van der Waals surface area contributed by atoms with Crippen molar-refractivity contribution in [2.75, 3.05) is 0 Å². The highest BCUT2D eigenvalue weighted by molar-refractivity contribution is 5.94. The number of aromatic nitrogens is 4. The van der Waals surface area contributed by atoms with E-state index in [9.17, 15) is 14.4 Å². The molecule has 0 aliphatic heterocycles. The van der Waals surface area contributed by atoms with Crippen LogP contribution < -0.4 is 16.4 Å². The molecule has 0 atom stereocenters. The molecule has 4 rings (SSSR count). The molecule has 0 radical (unpaired) electrons. The van der Waals surface area contributed by atoms with Gasteiger partial charge in [0.1, 0.15) is 5.56 Å². The summed E-state index contributed by atoms with van der Waals surface area (Å²) in [5, 5.41) is 8.36. The van der Waals surface area contributed by atoms with Crippen LogP contribution >= 0.6 is 0 Å². The summed E-state index contributed by atoms with van der Waals surface area (Å²) in [4.78, 5) is 41.8. The number of amides is 1. The third-order valence-electron chi connectivity index (χ3n) is 4.77. The Labute approximate surface area is 171 Å². The molecule has 0 fully saturated rings. The minimum absolute atomic E-state index is 0.0473. The Morgan fingerprint density at radius 1 is 0.967 bits per heavy atom. The largest absolute Gasteiger partial charge is 0.346 e. The zero-order valence-electron chi connectivity index (χ0n) is 16.3. The average molecular weight is 401 g/mol. The number of rotatable bonds is 5. The molecule has 0 saturated heterocycles. The smallest absolute Gasteiger partial charge is 0.275 e. The molecule has 150 valence electrons. The number of nitrogens with one attached hydrogen (secondary N) is 1. The molecule has 30 heavy (non-hydrogen) atoms. The van der Waals surface area contributed by atoms with Crippen molar-refractivity contribution in [3.05, 3.63) is 105 Å². The normalized spacial score (nSPS) is 10.8. The molecule has 8 heteroatoms. The molecule has 1 aromatic carbocycles. The second-order valence-corrected chi connectivity index (χ2v) is 6.80. The number of nitrogens with zero attached hydrogens (tertiary/aromatic N) is 4. The van der Waals surface area contributed by atoms with Crippen molar-refractivity contribution in [2.24, 2.45) is 7.05 Å². The van der Waals surface area contributed by atoms with Gasteiger partial charge in [-0.2, -0.15) is 5.10 Å². The first-order valence-electron chi connectivity index (χ1n) is 9.37. The van der Waals surface area contributed by atoms with Crippen LogP contribution in [-0.2, 0) is 20.1 Å². The van der Waals surface area contributed by atoms with Gasteiger partial charge in [0.15, 0.2) is 0 Å². The van der Waals surface area contributed by atoms with Crippen molar-refractivity contribution < 1.29 is 4.79 Å². The lowest BCUT2D eigenvalue weighted by molar-refractivity contribution is 0.0948. The molecule has 3 aromatic heterocycles. The highest BCUT2D eigenvalue weighted by Crippen LogP contribution is 2.13. The molecule has 0 aliphatic rings. The van der Waals surface area contributed by atoms with E-state index in [0.29, 0.717) is 22.2 Å². The minimum atomic E-state index is -0.496. The minimum Gasteiger partial charge on any atom is -0.346 e. The van der Waals surface area contributed by atoms with E-state index >= 15 is 0 Å². The van der Waals surface area contributed by atoms with E-state index in [1.807, 2.05) is 18.2 Å². The van der Waals surface area contributed by atoms with Crippen molar-refractivity contribution in [2.45, 2.75) is 13.1 Å². The van der Waals surface area contributed by atoms with Gasteiger partial charge in [0.25, 0.3) is 17.0 Å². The molecule has 1 N–H and O–H groups in total. The Morgan fingerprint density at radius 2 is 1.73 bits per heavy atom. The predicted octanol–water partition coefficient (Wildman–Crippen LogP) is 1.47. The zero-order valence-corrected chi connectivity index (χ0v) is 16.3. The number of fused-ring (bicyclic) bond motifs is 1. The quantitative estimate of drug-likeness (QED) is 0.546. The summed E-state index contributed by atoms with van der Waals surface area (Å²) in [6, 6.07) is 15.7. The standard InChI is InChI=1S/C22H19N5O3/c1-26-12-6-10-18(21(26)29)20(28)24-13-19-16-8-2-3-9-17(16)22(30)27(25-19)14-15-7-4-5-11-23-15/h2-12H,13-14H2,1H3,(H,24,28). The fourth-order valence-corrected chi connectivity index (χ4v) is 3.22. The molecule has 0 unspecified atom stereocenters. The van der Waals surface area contributed by atoms with E-state index in [4.69, 9.17) is 0 Å². The van der Waals surface area contributed by atoms with Crippen LogP contribution in [0.1, 0.15) is 21.7 Å². The number of carbonyl (C=O) groups is 1. The molecule has 4 aromatic rings. The monoisotopic (exact) mass is 401 g/mol.